The first-order valence-corrected chi connectivity index (χ1v) is 5.13. The number of hydrogen-bond acceptors (Lipinski definition) is 4. The predicted octanol–water partition coefficient (Wildman–Crippen LogP) is 2.34. The summed E-state index contributed by atoms with van der Waals surface area (Å²) in [5, 5.41) is 9.52. The highest BCUT2D eigenvalue weighted by atomic mass is 79.9. The van der Waals surface area contributed by atoms with E-state index in [9.17, 15) is 9.90 Å². The van der Waals surface area contributed by atoms with Gasteiger partial charge in [-0.1, -0.05) is 0 Å². The molecule has 15 heavy (non-hydrogen) atoms. The van der Waals surface area contributed by atoms with Crippen molar-refractivity contribution in [3.63, 3.8) is 0 Å². The number of carbonyl (C=O) groups excluding carboxylic acids is 1. The monoisotopic (exact) mass is 274 g/mol. The van der Waals surface area contributed by atoms with Gasteiger partial charge in [0.2, 0.25) is 0 Å². The van der Waals surface area contributed by atoms with Crippen LogP contribution < -0.4 is 4.74 Å². The number of benzene rings is 1. The minimum atomic E-state index is -0.515. The molecule has 0 amide bonds. The lowest BCUT2D eigenvalue weighted by atomic mass is 10.2. The maximum atomic E-state index is 11.2. The van der Waals surface area contributed by atoms with E-state index in [0.717, 1.165) is 0 Å². The minimum Gasteiger partial charge on any atom is -0.507 e. The predicted molar refractivity (Wildman–Crippen MR) is 58.3 cm³/mol. The standard InChI is InChI=1S/C10H11BrO4/c1-3-15-8-5-6(10(13)14-2)4-7(12)9(8)11/h4-5,12H,3H2,1-2H3. The van der Waals surface area contributed by atoms with Crippen molar-refractivity contribution in [2.24, 2.45) is 0 Å². The van der Waals surface area contributed by atoms with Crippen LogP contribution in [0.4, 0.5) is 0 Å². The molecule has 82 valence electrons. The topological polar surface area (TPSA) is 55.8 Å². The van der Waals surface area contributed by atoms with Crippen molar-refractivity contribution in [2.45, 2.75) is 6.92 Å². The van der Waals surface area contributed by atoms with E-state index in [4.69, 9.17) is 4.74 Å². The number of halogens is 1. The van der Waals surface area contributed by atoms with Gasteiger partial charge >= 0.3 is 5.97 Å². The van der Waals surface area contributed by atoms with Crippen molar-refractivity contribution in [3.8, 4) is 11.5 Å². The molecule has 5 heteroatoms. The van der Waals surface area contributed by atoms with Crippen LogP contribution in [0, 0.1) is 0 Å². The number of carbonyl (C=O) groups is 1. The molecule has 0 saturated heterocycles. The quantitative estimate of drug-likeness (QED) is 0.860. The number of methoxy groups -OCH3 is 1. The Morgan fingerprint density at radius 1 is 1.53 bits per heavy atom. The summed E-state index contributed by atoms with van der Waals surface area (Å²) in [6.07, 6.45) is 0. The molecule has 1 rings (SSSR count). The maximum absolute atomic E-state index is 11.2. The molecule has 0 saturated carbocycles. The summed E-state index contributed by atoms with van der Waals surface area (Å²) >= 11 is 3.16. The van der Waals surface area contributed by atoms with Gasteiger partial charge < -0.3 is 14.6 Å². The van der Waals surface area contributed by atoms with Crippen LogP contribution in [0.2, 0.25) is 0 Å². The zero-order valence-electron chi connectivity index (χ0n) is 8.41. The molecule has 0 aliphatic rings. The van der Waals surface area contributed by atoms with Crippen molar-refractivity contribution in [1.82, 2.24) is 0 Å². The highest BCUT2D eigenvalue weighted by Crippen LogP contribution is 2.35. The fourth-order valence-electron chi connectivity index (χ4n) is 1.08. The molecule has 0 aromatic heterocycles. The second-order valence-corrected chi connectivity index (χ2v) is 3.53. The lowest BCUT2D eigenvalue weighted by molar-refractivity contribution is 0.0599. The molecule has 1 aromatic carbocycles. The number of phenols is 1. The number of ether oxygens (including phenoxy) is 2. The summed E-state index contributed by atoms with van der Waals surface area (Å²) in [6, 6.07) is 2.83. The van der Waals surface area contributed by atoms with Gasteiger partial charge in [0.25, 0.3) is 0 Å². The fraction of sp³-hybridized carbons (Fsp3) is 0.300. The van der Waals surface area contributed by atoms with Gasteiger partial charge in [-0.25, -0.2) is 4.79 Å². The SMILES string of the molecule is CCOc1cc(C(=O)OC)cc(O)c1Br. The first-order valence-electron chi connectivity index (χ1n) is 4.33. The molecule has 0 heterocycles. The lowest BCUT2D eigenvalue weighted by Gasteiger charge is -2.09. The largest absolute Gasteiger partial charge is 0.507 e. The molecule has 0 aliphatic carbocycles. The van der Waals surface area contributed by atoms with Gasteiger partial charge in [-0.2, -0.15) is 0 Å². The van der Waals surface area contributed by atoms with Crippen molar-refractivity contribution in [1.29, 1.82) is 0 Å². The van der Waals surface area contributed by atoms with Gasteiger partial charge in [-0.3, -0.25) is 0 Å². The Hall–Kier alpha value is -1.23. The third-order valence-electron chi connectivity index (χ3n) is 1.74. The Morgan fingerprint density at radius 3 is 2.73 bits per heavy atom. The van der Waals surface area contributed by atoms with Crippen LogP contribution in [0.3, 0.4) is 0 Å². The van der Waals surface area contributed by atoms with E-state index in [1.807, 2.05) is 6.92 Å². The molecule has 0 bridgehead atoms. The third-order valence-corrected chi connectivity index (χ3v) is 2.54. The molecule has 0 aliphatic heterocycles. The maximum Gasteiger partial charge on any atom is 0.338 e. The Kier molecular flexibility index (Phi) is 3.96. The zero-order chi connectivity index (χ0) is 11.4. The van der Waals surface area contributed by atoms with Crippen LogP contribution in [0.15, 0.2) is 16.6 Å². The number of rotatable bonds is 3. The number of aromatic hydroxyl groups is 1. The van der Waals surface area contributed by atoms with E-state index in [1.54, 1.807) is 0 Å². The van der Waals surface area contributed by atoms with E-state index < -0.39 is 5.97 Å². The fourth-order valence-corrected chi connectivity index (χ4v) is 1.42. The van der Waals surface area contributed by atoms with Crippen molar-refractivity contribution in [2.75, 3.05) is 13.7 Å². The van der Waals surface area contributed by atoms with Crippen LogP contribution in [-0.4, -0.2) is 24.8 Å². The third kappa shape index (κ3) is 2.62. The normalized spacial score (nSPS) is 9.80. The van der Waals surface area contributed by atoms with E-state index >= 15 is 0 Å². The van der Waals surface area contributed by atoms with Gasteiger partial charge in [-0.15, -0.1) is 0 Å². The smallest absolute Gasteiger partial charge is 0.338 e. The van der Waals surface area contributed by atoms with Crippen LogP contribution in [0.5, 0.6) is 11.5 Å². The Balaban J connectivity index is 3.16. The molecule has 4 nitrogen and oxygen atoms in total. The number of esters is 1. The average Bonchev–Trinajstić information content (AvgIpc) is 2.23. The van der Waals surface area contributed by atoms with E-state index in [0.29, 0.717) is 16.8 Å². The highest BCUT2D eigenvalue weighted by molar-refractivity contribution is 9.10. The van der Waals surface area contributed by atoms with Crippen molar-refractivity contribution >= 4 is 21.9 Å². The Labute approximate surface area is 95.9 Å². The summed E-state index contributed by atoms with van der Waals surface area (Å²) in [6.45, 7) is 2.26. The first-order chi connectivity index (χ1) is 7.10. The van der Waals surface area contributed by atoms with Gasteiger partial charge in [0.1, 0.15) is 16.0 Å². The first kappa shape index (κ1) is 11.8. The second kappa shape index (κ2) is 5.02. The molecule has 0 fully saturated rings. The Bertz CT molecular complexity index is 376. The molecule has 0 unspecified atom stereocenters. The van der Waals surface area contributed by atoms with E-state index in [1.165, 1.54) is 19.2 Å². The number of hydrogen-bond donors (Lipinski definition) is 1. The summed E-state index contributed by atoms with van der Waals surface area (Å²) in [5.41, 5.74) is 0.252. The summed E-state index contributed by atoms with van der Waals surface area (Å²) in [5.74, 6) is -0.155. The molecular weight excluding hydrogens is 264 g/mol. The lowest BCUT2D eigenvalue weighted by Crippen LogP contribution is -2.02. The van der Waals surface area contributed by atoms with Gasteiger partial charge in [0.15, 0.2) is 0 Å². The van der Waals surface area contributed by atoms with Gasteiger partial charge in [0.05, 0.1) is 19.3 Å². The molecule has 0 atom stereocenters. The van der Waals surface area contributed by atoms with Crippen LogP contribution in [0.1, 0.15) is 17.3 Å². The molecule has 1 N–H and O–H groups in total. The second-order valence-electron chi connectivity index (χ2n) is 2.73. The summed E-state index contributed by atoms with van der Waals surface area (Å²) < 4.78 is 10.2. The van der Waals surface area contributed by atoms with Crippen molar-refractivity contribution < 1.29 is 19.4 Å². The van der Waals surface area contributed by atoms with Gasteiger partial charge in [0, 0.05) is 0 Å². The van der Waals surface area contributed by atoms with E-state index in [2.05, 4.69) is 20.7 Å². The summed E-state index contributed by atoms with van der Waals surface area (Å²) in [4.78, 5) is 11.2. The molecule has 1 aromatic rings. The average molecular weight is 275 g/mol. The zero-order valence-corrected chi connectivity index (χ0v) is 10.00. The van der Waals surface area contributed by atoms with Crippen LogP contribution in [0.25, 0.3) is 0 Å². The van der Waals surface area contributed by atoms with Gasteiger partial charge in [-0.05, 0) is 35.0 Å². The molecular formula is C10H11BrO4. The van der Waals surface area contributed by atoms with E-state index in [-0.39, 0.29) is 11.3 Å². The summed E-state index contributed by atoms with van der Waals surface area (Å²) in [7, 11) is 1.28. The van der Waals surface area contributed by atoms with Crippen LogP contribution >= 0.6 is 15.9 Å². The van der Waals surface area contributed by atoms with Crippen molar-refractivity contribution in [3.05, 3.63) is 22.2 Å². The number of phenolic OH excluding ortho intramolecular Hbond substituents is 1. The minimum absolute atomic E-state index is 0.0543. The van der Waals surface area contributed by atoms with Crippen LogP contribution in [-0.2, 0) is 4.74 Å². The Morgan fingerprint density at radius 2 is 2.20 bits per heavy atom. The molecule has 0 radical (unpaired) electrons. The molecule has 0 spiro atoms. The highest BCUT2D eigenvalue weighted by Gasteiger charge is 2.13.